The Morgan fingerprint density at radius 1 is 0.532 bits per heavy atom. The number of aliphatic hydroxyl groups is 5. The molecular formula is C93H168N12O32S2. The Labute approximate surface area is 829 Å². The van der Waals surface area contributed by atoms with Gasteiger partial charge in [-0.15, -0.1) is 0 Å². The van der Waals surface area contributed by atoms with Gasteiger partial charge in [-0.05, 0) is 98.1 Å². The first kappa shape index (κ1) is 135. The van der Waals surface area contributed by atoms with Gasteiger partial charge in [0.15, 0.2) is 25.2 Å². The van der Waals surface area contributed by atoms with E-state index in [0.717, 1.165) is 16.3 Å². The highest BCUT2D eigenvalue weighted by molar-refractivity contribution is 8.76. The van der Waals surface area contributed by atoms with Gasteiger partial charge < -0.3 is 155 Å². The molecule has 3 rings (SSSR count). The zero-order chi connectivity index (χ0) is 103. The van der Waals surface area contributed by atoms with Gasteiger partial charge in [-0.1, -0.05) is 145 Å². The number of rotatable bonds is 67. The van der Waals surface area contributed by atoms with Gasteiger partial charge in [-0.2, -0.15) is 0 Å². The van der Waals surface area contributed by atoms with Gasteiger partial charge in [-0.3, -0.25) is 38.4 Å². The van der Waals surface area contributed by atoms with Crippen molar-refractivity contribution in [3.63, 3.8) is 0 Å². The molecule has 2 aromatic rings. The lowest BCUT2D eigenvalue weighted by Crippen LogP contribution is -2.59. The molecule has 139 heavy (non-hydrogen) atoms. The highest BCUT2D eigenvalue weighted by atomic mass is 33.1. The summed E-state index contributed by atoms with van der Waals surface area (Å²) in [5.74, 6) is -4.86. The molecule has 18 atom stereocenters. The molecule has 1 aliphatic heterocycles. The molecule has 0 bridgehead atoms. The number of esters is 1. The fourth-order valence-electron chi connectivity index (χ4n) is 12.9. The van der Waals surface area contributed by atoms with Gasteiger partial charge in [0, 0.05) is 120 Å². The zero-order valence-electron chi connectivity index (χ0n) is 83.3. The third kappa shape index (κ3) is 58.0. The number of methoxy groups -OCH3 is 6. The molecule has 0 aliphatic carbocycles. The number of nitrogens with two attached hydrogens (primary N) is 1. The Morgan fingerprint density at radius 3 is 1.45 bits per heavy atom. The standard InChI is InChI=1S/C55H94N8O15.C18H29N3O6S2.C11H21NO7.C7H16O4.2CH4/c1-14-35(7)48(62(10)53(70)47(34(5)6)61-52(69)46(56)33(3)4)42(73-11)30-44(66)63-27-19-23-41(63)49(75-13)36(8)50(67)60-40(29-38-21-17-16-18-22-38)51(68)57-25-20-28-76-54(71)37(9)59-43(65)24-26-58-55(72)77-32-45(74-12)78-39(15-2)31-64;1-3-14(12-22)27-17(25-2)13-26-18(24)21-9-7-15(23)19-10-11-28-29-16-6-4-5-8-20-16;1-3-8(6-13)19-10(17-2)7-18-11(16)12-5-4-9(14)15;1-3-6(4-8)11-7(5-9)10-2;;/h16-18,21-22,33-37,39-42,45-49,64H,14-15,19-20,23-32,56H2,1-13H3,(H,57,68)(H,58,72)(H,59,65)(H,60,67)(H,61,69);4-6,8,14,17,22H,3,7,9-13H2,1-2H3,(H,19,23)(H,21,24);8,10,13H,3-7H2,1-2H3,(H,12,16)(H,14,15);6-9H,3-5H2,1-2H3;2*1H4/t35-,36+,37?,39?,40-,41-,42+,45?,46-,47-,48-,49+;;;;;/m0...../s1. The van der Waals surface area contributed by atoms with E-state index >= 15 is 0 Å². The maximum absolute atomic E-state index is 14.4. The van der Waals surface area contributed by atoms with E-state index in [1.807, 2.05) is 118 Å². The summed E-state index contributed by atoms with van der Waals surface area (Å²) in [7, 11) is 13.5. The van der Waals surface area contributed by atoms with E-state index in [1.165, 1.54) is 49.6 Å². The molecule has 0 spiro atoms. The fourth-order valence-corrected chi connectivity index (χ4v) is 14.6. The Balaban J connectivity index is -0.00000243. The highest BCUT2D eigenvalue weighted by Gasteiger charge is 2.44. The zero-order valence-corrected chi connectivity index (χ0v) is 84.9. The van der Waals surface area contributed by atoms with Gasteiger partial charge in [0.1, 0.15) is 43.0 Å². The topological polar surface area (TPSA) is 597 Å². The Bertz CT molecular complexity index is 3620. The molecule has 9 unspecified atom stereocenters. The molecule has 10 amide bonds. The summed E-state index contributed by atoms with van der Waals surface area (Å²) in [6.45, 7) is 21.7. The van der Waals surface area contributed by atoms with E-state index in [-0.39, 0.29) is 193 Å². The highest BCUT2D eigenvalue weighted by Crippen LogP contribution is 2.31. The number of amides is 10. The van der Waals surface area contributed by atoms with Gasteiger partial charge in [0.2, 0.25) is 41.4 Å². The van der Waals surface area contributed by atoms with Crippen LogP contribution < -0.4 is 48.3 Å². The van der Waals surface area contributed by atoms with Crippen LogP contribution in [0.25, 0.3) is 0 Å². The van der Waals surface area contributed by atoms with Crippen LogP contribution in [0.4, 0.5) is 14.4 Å². The van der Waals surface area contributed by atoms with Crippen LogP contribution in [0, 0.1) is 23.7 Å². The number of aliphatic hydroxyl groups excluding tert-OH is 5. The Morgan fingerprint density at radius 2 is 1.02 bits per heavy atom. The number of hydrogen-bond acceptors (Lipinski definition) is 35. The second-order valence-electron chi connectivity index (χ2n) is 32.3. The van der Waals surface area contributed by atoms with E-state index in [9.17, 15) is 62.6 Å². The minimum absolute atomic E-state index is 0. The van der Waals surface area contributed by atoms with Crippen LogP contribution in [0.5, 0.6) is 0 Å². The van der Waals surface area contributed by atoms with Gasteiger partial charge in [-0.25, -0.2) is 24.2 Å². The number of likely N-dealkylation sites (tertiary alicyclic amines) is 1. The quantitative estimate of drug-likeness (QED) is 0.0137. The number of likely N-dealkylation sites (N-methyl/N-ethyl adjacent to an activating group) is 1. The second-order valence-corrected chi connectivity index (χ2v) is 34.8. The van der Waals surface area contributed by atoms with Crippen molar-refractivity contribution in [2.75, 3.05) is 154 Å². The third-order valence-electron chi connectivity index (χ3n) is 21.4. The molecule has 1 saturated heterocycles. The average Bonchev–Trinajstić information content (AvgIpc) is 1.79. The number of aromatic nitrogens is 1. The van der Waals surface area contributed by atoms with E-state index in [2.05, 4.69) is 47.5 Å². The fraction of sp³-hybridized carbons (Fsp3) is 0.753. The maximum atomic E-state index is 14.4. The van der Waals surface area contributed by atoms with E-state index in [1.54, 1.807) is 51.6 Å². The molecule has 44 nitrogen and oxygen atoms in total. The first-order chi connectivity index (χ1) is 65.4. The van der Waals surface area contributed by atoms with Gasteiger partial charge in [0.25, 0.3) is 0 Å². The summed E-state index contributed by atoms with van der Waals surface area (Å²) in [6.07, 6.45) is -2.03. The molecule has 2 heterocycles. The number of carboxylic acids is 1. The Hall–Kier alpha value is -8.53. The normalized spacial score (nSPS) is 15.8. The van der Waals surface area contributed by atoms with Crippen molar-refractivity contribution >= 4 is 93.2 Å². The Kier molecular flexibility index (Phi) is 78.4. The molecule has 0 radical (unpaired) electrons. The van der Waals surface area contributed by atoms with Crippen molar-refractivity contribution in [1.82, 2.24) is 57.3 Å². The van der Waals surface area contributed by atoms with E-state index < -0.39 is 139 Å². The lowest BCUT2D eigenvalue weighted by molar-refractivity contribution is -0.181. The molecule has 804 valence electrons. The lowest BCUT2D eigenvalue weighted by atomic mass is 9.89. The summed E-state index contributed by atoms with van der Waals surface area (Å²) in [4.78, 5) is 159. The van der Waals surface area contributed by atoms with Crippen LogP contribution in [0.2, 0.25) is 0 Å². The number of carbonyl (C=O) groups is 12. The predicted molar refractivity (Wildman–Crippen MR) is 522 cm³/mol. The number of carboxylic acid groups (broad SMARTS) is 1. The number of alkyl carbamates (subject to hydrolysis) is 3. The number of hydrogen-bond donors (Lipinski definition) is 15. The number of carbonyl (C=O) groups excluding carboxylic acids is 11. The van der Waals surface area contributed by atoms with Crippen molar-refractivity contribution < 1.29 is 154 Å². The number of aliphatic carboxylic acids is 1. The smallest absolute Gasteiger partial charge is 0.407 e. The first-order valence-corrected chi connectivity index (χ1v) is 48.6. The largest absolute Gasteiger partial charge is 0.481 e. The van der Waals surface area contributed by atoms with Crippen LogP contribution >= 0.6 is 21.6 Å². The van der Waals surface area contributed by atoms with Crippen LogP contribution in [-0.4, -0.2) is 369 Å². The average molecular weight is 2030 g/mol. The van der Waals surface area contributed by atoms with Crippen molar-refractivity contribution in [3.8, 4) is 0 Å². The van der Waals surface area contributed by atoms with Gasteiger partial charge in [0.05, 0.1) is 113 Å². The number of benzene rings is 1. The van der Waals surface area contributed by atoms with Crippen molar-refractivity contribution in [2.24, 2.45) is 29.4 Å². The van der Waals surface area contributed by atoms with Crippen molar-refractivity contribution in [2.45, 2.75) is 284 Å². The van der Waals surface area contributed by atoms with Crippen LogP contribution in [0.1, 0.15) is 181 Å². The second kappa shape index (κ2) is 81.0. The number of nitrogens with one attached hydrogen (secondary N) is 8. The van der Waals surface area contributed by atoms with Gasteiger partial charge >= 0.3 is 30.2 Å². The summed E-state index contributed by atoms with van der Waals surface area (Å²) >= 11 is 0. The molecule has 1 aromatic heterocycles. The first-order valence-electron chi connectivity index (χ1n) is 46.3. The van der Waals surface area contributed by atoms with E-state index in [4.69, 9.17) is 97.6 Å². The SMILES string of the molecule is C.C.CCC(CO)OC(CO)OC.CCC(CO)OC(COC(=O)NCCC(=O)NC(C)C(=O)OCCCNC(=O)[C@H](Cc1ccccc1)NC(=O)[C@H](C)[C@@H](OC)[C@@H]1CCCN1C(=O)C[C@@H](OC)[C@H]([C@@H](C)CC)N(C)C(=O)[C@@H](NC(=O)[C@@H](N)C(C)C)C(C)C)OC.CCC(CO)OC(COC(=O)NCCC(=O)NCCSSc1ccccn1)OC.CCC(CO)OC(COC(=O)NCCC(=O)O)OC. The molecule has 16 N–H and O–H groups in total. The number of pyridine rings is 1. The molecule has 1 fully saturated rings. The summed E-state index contributed by atoms with van der Waals surface area (Å²) in [6, 6.07) is 10.2. The minimum atomic E-state index is -1.01. The minimum Gasteiger partial charge on any atom is -0.481 e. The summed E-state index contributed by atoms with van der Waals surface area (Å²) < 4.78 is 73.4. The number of ether oxygens (including phenoxy) is 14. The maximum Gasteiger partial charge on any atom is 0.407 e. The van der Waals surface area contributed by atoms with Crippen LogP contribution in [0.15, 0.2) is 59.8 Å². The lowest BCUT2D eigenvalue weighted by Gasteiger charge is -2.41. The molecule has 0 saturated carbocycles. The molecular weight excluding hydrogens is 1860 g/mol. The van der Waals surface area contributed by atoms with E-state index in [0.29, 0.717) is 58.0 Å². The van der Waals surface area contributed by atoms with Crippen LogP contribution in [-0.2, 0) is 116 Å². The molecule has 1 aromatic carbocycles. The third-order valence-corrected chi connectivity index (χ3v) is 23.7. The summed E-state index contributed by atoms with van der Waals surface area (Å²) in [5.41, 5.74) is 6.93. The monoisotopic (exact) mass is 2030 g/mol. The summed E-state index contributed by atoms with van der Waals surface area (Å²) in [5, 5.41) is 75.1. The predicted octanol–water partition coefficient (Wildman–Crippen LogP) is 4.96. The van der Waals surface area contributed by atoms with Crippen molar-refractivity contribution in [3.05, 3.63) is 60.3 Å². The number of nitrogens with zero attached hydrogens (tertiary/aromatic N) is 3. The van der Waals surface area contributed by atoms with Crippen molar-refractivity contribution in [1.29, 1.82) is 0 Å². The molecule has 46 heteroatoms. The molecule has 1 aliphatic rings. The van der Waals surface area contributed by atoms with Crippen LogP contribution in [0.3, 0.4) is 0 Å².